The zero-order valence-corrected chi connectivity index (χ0v) is 14.8. The van der Waals surface area contributed by atoms with E-state index in [1.54, 1.807) is 19.1 Å². The van der Waals surface area contributed by atoms with Crippen LogP contribution in [0.3, 0.4) is 0 Å². The van der Waals surface area contributed by atoms with Crippen LogP contribution < -0.4 is 14.2 Å². The molecule has 0 amide bonds. The second-order valence-electron chi connectivity index (χ2n) is 5.85. The first-order chi connectivity index (χ1) is 16.9. The quantitative estimate of drug-likeness (QED) is 0.748. The zero-order chi connectivity index (χ0) is 27.8. The molecular weight excluding hydrogens is 342 g/mol. The fraction of sp³-hybridized carbons (Fsp3) is 0.409. The van der Waals surface area contributed by atoms with Gasteiger partial charge in [0.2, 0.25) is 0 Å². The highest BCUT2D eigenvalue weighted by molar-refractivity contribution is 6.04. The molecule has 0 radical (unpaired) electrons. The molecule has 0 aliphatic carbocycles. The number of aromatic hydroxyl groups is 1. The summed E-state index contributed by atoms with van der Waals surface area (Å²) >= 11 is 0. The minimum absolute atomic E-state index is 0.0541. The van der Waals surface area contributed by atoms with E-state index in [0.717, 1.165) is 0 Å². The summed E-state index contributed by atoms with van der Waals surface area (Å²) < 4.78 is 91.6. The smallest absolute Gasteiger partial charge is 0.161 e. The van der Waals surface area contributed by atoms with E-state index in [1.165, 1.54) is 18.2 Å². The monoisotopic (exact) mass is 379 g/mol. The Morgan fingerprint density at radius 2 is 1.85 bits per heavy atom. The highest BCUT2D eigenvalue weighted by atomic mass is 16.5. The standard InChI is InChI=1S/C22H27NO4/c1-4-25-20-8-7-15(12-19(20)24)11-18-17-14-22(27-6-3)21(26-5-2)13-16(17)9-10-23-18/h7-8,12-14,24H,4-6,9-11H2,1-3H3/i2D3,3D3,5D2,6D2. The van der Waals surface area contributed by atoms with Gasteiger partial charge in [-0.1, -0.05) is 6.07 Å². The summed E-state index contributed by atoms with van der Waals surface area (Å²) in [7, 11) is 0. The van der Waals surface area contributed by atoms with Gasteiger partial charge in [0.25, 0.3) is 0 Å². The predicted octanol–water partition coefficient (Wildman–Crippen LogP) is 4.18. The summed E-state index contributed by atoms with van der Waals surface area (Å²) in [6.45, 7) is -10.2. The van der Waals surface area contributed by atoms with E-state index in [4.69, 9.17) is 27.9 Å². The summed E-state index contributed by atoms with van der Waals surface area (Å²) in [5.41, 5.74) is 2.28. The highest BCUT2D eigenvalue weighted by Crippen LogP contribution is 2.34. The van der Waals surface area contributed by atoms with Crippen LogP contribution >= 0.6 is 0 Å². The summed E-state index contributed by atoms with van der Waals surface area (Å²) in [6.07, 6.45) is 0.627. The van der Waals surface area contributed by atoms with Crippen LogP contribution in [-0.2, 0) is 12.8 Å². The van der Waals surface area contributed by atoms with E-state index in [0.29, 0.717) is 47.7 Å². The van der Waals surface area contributed by atoms with E-state index >= 15 is 0 Å². The molecule has 2 aromatic rings. The van der Waals surface area contributed by atoms with Gasteiger partial charge in [0.15, 0.2) is 23.0 Å². The van der Waals surface area contributed by atoms with Crippen LogP contribution in [0.15, 0.2) is 35.3 Å². The predicted molar refractivity (Wildman–Crippen MR) is 107 cm³/mol. The molecule has 0 aromatic heterocycles. The average molecular weight is 380 g/mol. The second kappa shape index (κ2) is 8.80. The van der Waals surface area contributed by atoms with Crippen molar-refractivity contribution in [2.24, 2.45) is 4.99 Å². The van der Waals surface area contributed by atoms with Gasteiger partial charge in [-0.3, -0.25) is 4.99 Å². The third kappa shape index (κ3) is 4.35. The first-order valence-corrected chi connectivity index (χ1v) is 8.48. The van der Waals surface area contributed by atoms with Gasteiger partial charge < -0.3 is 19.3 Å². The summed E-state index contributed by atoms with van der Waals surface area (Å²) in [4.78, 5) is 4.52. The minimum Gasteiger partial charge on any atom is -0.504 e. The van der Waals surface area contributed by atoms with Gasteiger partial charge in [-0.15, -0.1) is 0 Å². The van der Waals surface area contributed by atoms with Crippen LogP contribution in [0.25, 0.3) is 0 Å². The minimum atomic E-state index is -3.21. The van der Waals surface area contributed by atoms with E-state index in [2.05, 4.69) is 4.99 Å². The van der Waals surface area contributed by atoms with E-state index in [9.17, 15) is 5.11 Å². The molecule has 3 rings (SSSR count). The fourth-order valence-electron chi connectivity index (χ4n) is 3.04. The number of rotatable bonds is 8. The van der Waals surface area contributed by atoms with Crippen molar-refractivity contribution in [3.8, 4) is 23.0 Å². The summed E-state index contributed by atoms with van der Waals surface area (Å²) in [5.74, 6) is -0.670. The van der Waals surface area contributed by atoms with Gasteiger partial charge >= 0.3 is 0 Å². The molecule has 0 fully saturated rings. The van der Waals surface area contributed by atoms with Crippen molar-refractivity contribution in [2.45, 2.75) is 33.5 Å². The SMILES string of the molecule is [2H]C([2H])([2H])C([2H])([2H])Oc1cc2c(cc1OC([2H])([2H])C([2H])([2H])[2H])C(Cc1ccc(OCC)c(O)c1)=NCC2. The van der Waals surface area contributed by atoms with Gasteiger partial charge in [-0.05, 0) is 62.4 Å². The van der Waals surface area contributed by atoms with Gasteiger partial charge in [0.1, 0.15) is 0 Å². The molecule has 1 heterocycles. The topological polar surface area (TPSA) is 60.3 Å². The van der Waals surface area contributed by atoms with Crippen LogP contribution in [0.5, 0.6) is 23.0 Å². The molecule has 0 atom stereocenters. The normalized spacial score (nSPS) is 20.4. The van der Waals surface area contributed by atoms with Crippen molar-refractivity contribution >= 4 is 5.71 Å². The third-order valence-corrected chi connectivity index (χ3v) is 4.18. The molecule has 1 aliphatic rings. The highest BCUT2D eigenvalue weighted by Gasteiger charge is 2.19. The zero-order valence-electron chi connectivity index (χ0n) is 24.8. The number of fused-ring (bicyclic) bond motifs is 1. The van der Waals surface area contributed by atoms with E-state index in [1.807, 2.05) is 0 Å². The lowest BCUT2D eigenvalue weighted by Crippen LogP contribution is -2.16. The first kappa shape index (κ1) is 10.0. The van der Waals surface area contributed by atoms with Crippen molar-refractivity contribution < 1.29 is 33.0 Å². The maximum atomic E-state index is 10.2. The lowest BCUT2D eigenvalue weighted by atomic mass is 9.93. The number of phenols is 1. The molecule has 27 heavy (non-hydrogen) atoms. The molecule has 0 unspecified atom stereocenters. The third-order valence-electron chi connectivity index (χ3n) is 4.18. The fourth-order valence-corrected chi connectivity index (χ4v) is 3.04. The largest absolute Gasteiger partial charge is 0.504 e. The number of aliphatic imine (C=N–C) groups is 1. The van der Waals surface area contributed by atoms with Gasteiger partial charge in [0, 0.05) is 32.5 Å². The van der Waals surface area contributed by atoms with Crippen LogP contribution in [0.4, 0.5) is 0 Å². The Balaban J connectivity index is 2.05. The van der Waals surface area contributed by atoms with Crippen LogP contribution in [0.2, 0.25) is 0 Å². The van der Waals surface area contributed by atoms with Crippen molar-refractivity contribution in [3.63, 3.8) is 0 Å². The number of hydrogen-bond donors (Lipinski definition) is 1. The number of phenolic OH excluding ortho intramolecular Hbond substituents is 1. The van der Waals surface area contributed by atoms with Gasteiger partial charge in [0.05, 0.1) is 25.2 Å². The molecule has 0 bridgehead atoms. The maximum absolute atomic E-state index is 10.2. The Morgan fingerprint density at radius 3 is 2.56 bits per heavy atom. The molecule has 2 aromatic carbocycles. The van der Waals surface area contributed by atoms with Gasteiger partial charge in [-0.2, -0.15) is 0 Å². The van der Waals surface area contributed by atoms with Crippen molar-refractivity contribution in [1.29, 1.82) is 0 Å². The van der Waals surface area contributed by atoms with Crippen molar-refractivity contribution in [1.82, 2.24) is 0 Å². The second-order valence-corrected chi connectivity index (χ2v) is 5.85. The number of ether oxygens (including phenoxy) is 3. The molecule has 0 saturated carbocycles. The first-order valence-electron chi connectivity index (χ1n) is 13.5. The van der Waals surface area contributed by atoms with Crippen LogP contribution in [-0.4, -0.2) is 37.1 Å². The lowest BCUT2D eigenvalue weighted by Gasteiger charge is -2.21. The Hall–Kier alpha value is -2.69. The van der Waals surface area contributed by atoms with Crippen molar-refractivity contribution in [3.05, 3.63) is 47.0 Å². The Labute approximate surface area is 174 Å². The molecule has 0 saturated heterocycles. The number of hydrogen-bond acceptors (Lipinski definition) is 5. The van der Waals surface area contributed by atoms with Crippen LogP contribution in [0.1, 0.15) is 51.0 Å². The van der Waals surface area contributed by atoms with E-state index in [-0.39, 0.29) is 12.2 Å². The summed E-state index contributed by atoms with van der Waals surface area (Å²) in [6, 6.07) is 7.47. The molecular formula is C22H27NO4. The number of benzene rings is 2. The molecule has 5 heteroatoms. The Bertz CT molecular complexity index is 1180. The van der Waals surface area contributed by atoms with E-state index < -0.39 is 38.3 Å². The molecule has 1 N–H and O–H groups in total. The maximum Gasteiger partial charge on any atom is 0.161 e. The van der Waals surface area contributed by atoms with Crippen molar-refractivity contribution in [2.75, 3.05) is 26.3 Å². The molecule has 144 valence electrons. The Kier molecular flexibility index (Phi) is 3.27. The Morgan fingerprint density at radius 1 is 1.07 bits per heavy atom. The molecule has 1 aliphatic heterocycles. The van der Waals surface area contributed by atoms with Gasteiger partial charge in [-0.25, -0.2) is 0 Å². The number of nitrogens with zero attached hydrogens (tertiary/aromatic N) is 1. The molecule has 0 spiro atoms. The average Bonchev–Trinajstić information content (AvgIpc) is 2.74. The van der Waals surface area contributed by atoms with Crippen LogP contribution in [0, 0.1) is 0 Å². The lowest BCUT2D eigenvalue weighted by molar-refractivity contribution is 0.287. The summed E-state index contributed by atoms with van der Waals surface area (Å²) in [5, 5.41) is 10.2. The molecule has 5 nitrogen and oxygen atoms in total.